The van der Waals surface area contributed by atoms with Crippen LogP contribution in [-0.4, -0.2) is 17.4 Å². The van der Waals surface area contributed by atoms with Gasteiger partial charge in [-0.2, -0.15) is 0 Å². The largest absolute Gasteiger partial charge is 0.269 e. The Kier molecular flexibility index (Phi) is 306. The summed E-state index contributed by atoms with van der Waals surface area (Å²) in [4.78, 5) is 0. The van der Waals surface area contributed by atoms with Crippen molar-refractivity contribution in [1.29, 1.82) is 0 Å². The van der Waals surface area contributed by atoms with E-state index in [1.807, 2.05) is 0 Å². The second-order valence-electron chi connectivity index (χ2n) is 0. The first-order valence-electron chi connectivity index (χ1n) is 0. The van der Waals surface area contributed by atoms with Crippen LogP contribution in [0.25, 0.3) is 0 Å². The van der Waals surface area contributed by atoms with E-state index in [0.717, 1.165) is 0 Å². The fourth-order valence-electron chi connectivity index (χ4n) is 0. The normalized spacial score (nSPS) is 0. The van der Waals surface area contributed by atoms with Crippen LogP contribution in [0.1, 0.15) is 0 Å². The summed E-state index contributed by atoms with van der Waals surface area (Å²) in [5.74, 6) is 0. The topological polar surface area (TPSA) is 0 Å². The first-order chi connectivity index (χ1) is 0. The van der Waals surface area contributed by atoms with Gasteiger partial charge < -0.3 is 0 Å². The molecule has 4 heteroatoms. The van der Waals surface area contributed by atoms with Gasteiger partial charge in [0.05, 0.1) is 0 Å². The fourth-order valence-corrected chi connectivity index (χ4v) is 0. The summed E-state index contributed by atoms with van der Waals surface area (Å²) in [6.07, 6.45) is 0. The molecular formula is H5AgAlClF. The zero-order valence-electron chi connectivity index (χ0n) is 1.12. The fraction of sp³-hybridized carbons (Fsp3) is 0. The van der Waals surface area contributed by atoms with Crippen LogP contribution in [-0.2, 0) is 22.4 Å². The molecule has 0 N–H and O–H groups in total. The molecule has 33 valence electrons. The van der Waals surface area contributed by atoms with Crippen LogP contribution in [0.3, 0.4) is 0 Å². The quantitative estimate of drug-likeness (QED) is 0.451. The first kappa shape index (κ1) is 49.8. The third-order valence-corrected chi connectivity index (χ3v) is 0. The number of hydrogen-bond donors (Lipinski definition) is 0. The van der Waals surface area contributed by atoms with Crippen LogP contribution >= 0.6 is 12.4 Å². The van der Waals surface area contributed by atoms with Gasteiger partial charge in [0.15, 0.2) is 17.4 Å². The van der Waals surface area contributed by atoms with Crippen molar-refractivity contribution in [2.75, 3.05) is 0 Å². The molecule has 0 nitrogen and oxygen atoms in total. The molecular weight excluding hydrogens is 189 g/mol. The van der Waals surface area contributed by atoms with Gasteiger partial charge in [-0.05, 0) is 0 Å². The van der Waals surface area contributed by atoms with Crippen LogP contribution in [0.15, 0.2) is 0 Å². The van der Waals surface area contributed by atoms with Crippen molar-refractivity contribution < 1.29 is 27.1 Å². The van der Waals surface area contributed by atoms with Crippen molar-refractivity contribution in [3.63, 3.8) is 0 Å². The molecule has 0 aliphatic rings. The average Bonchev–Trinajstić information content (AvgIpc) is 0. The second kappa shape index (κ2) is 24.6. The molecule has 0 aromatic heterocycles. The van der Waals surface area contributed by atoms with E-state index in [4.69, 9.17) is 0 Å². The number of hydrogen-bond acceptors (Lipinski definition) is 0. The average molecular weight is 194 g/mol. The van der Waals surface area contributed by atoms with E-state index < -0.39 is 0 Å². The molecule has 0 saturated heterocycles. The van der Waals surface area contributed by atoms with E-state index in [9.17, 15) is 0 Å². The van der Waals surface area contributed by atoms with Crippen LogP contribution in [0.4, 0.5) is 4.70 Å². The van der Waals surface area contributed by atoms with Crippen LogP contribution in [0.2, 0.25) is 0 Å². The summed E-state index contributed by atoms with van der Waals surface area (Å²) in [7, 11) is 0. The van der Waals surface area contributed by atoms with Gasteiger partial charge in [0.1, 0.15) is 0 Å². The molecule has 0 unspecified atom stereocenters. The predicted octanol–water partition coefficient (Wildman–Crippen LogP) is -0.612. The summed E-state index contributed by atoms with van der Waals surface area (Å²) in [5.41, 5.74) is 0. The van der Waals surface area contributed by atoms with Gasteiger partial charge in [0.2, 0.25) is 0 Å². The number of halogens is 2. The van der Waals surface area contributed by atoms with Gasteiger partial charge in [0.25, 0.3) is 0 Å². The summed E-state index contributed by atoms with van der Waals surface area (Å²) in [5, 5.41) is 0. The molecule has 0 saturated carbocycles. The SMILES string of the molecule is Cl.F.[Ag].[AlH3]. The van der Waals surface area contributed by atoms with Crippen molar-refractivity contribution in [3.05, 3.63) is 0 Å². The van der Waals surface area contributed by atoms with Crippen molar-refractivity contribution in [2.24, 2.45) is 0 Å². The molecule has 0 aliphatic carbocycles. The first-order valence-corrected chi connectivity index (χ1v) is 0. The van der Waals surface area contributed by atoms with Crippen LogP contribution in [0.5, 0.6) is 0 Å². The van der Waals surface area contributed by atoms with Crippen molar-refractivity contribution in [1.82, 2.24) is 0 Å². The molecule has 0 heterocycles. The van der Waals surface area contributed by atoms with E-state index in [0.29, 0.717) is 0 Å². The standard InChI is InChI=1S/Ag.Al.ClH.FH.3H/h;;2*1H;;;. The maximum Gasteiger partial charge on any atom is 0.187 e. The maximum absolute atomic E-state index is 0. The molecule has 4 heavy (non-hydrogen) atoms. The maximum atomic E-state index is 0. The Morgan fingerprint density at radius 2 is 1.00 bits per heavy atom. The van der Waals surface area contributed by atoms with Crippen LogP contribution < -0.4 is 0 Å². The van der Waals surface area contributed by atoms with Gasteiger partial charge in [-0.25, -0.2) is 0 Å². The monoisotopic (exact) mass is 193 g/mol. The van der Waals surface area contributed by atoms with E-state index in [2.05, 4.69) is 0 Å². The van der Waals surface area contributed by atoms with Crippen molar-refractivity contribution in [2.45, 2.75) is 0 Å². The van der Waals surface area contributed by atoms with Gasteiger partial charge in [-0.3, -0.25) is 4.70 Å². The number of rotatable bonds is 0. The van der Waals surface area contributed by atoms with E-state index >= 15 is 0 Å². The molecule has 0 spiro atoms. The molecule has 0 bridgehead atoms. The molecule has 0 aliphatic heterocycles. The Bertz CT molecular complexity index is 8.00. The van der Waals surface area contributed by atoms with E-state index in [-0.39, 0.29) is 56.9 Å². The molecule has 0 rings (SSSR count). The predicted molar refractivity (Wildman–Crippen MR) is 19.7 cm³/mol. The summed E-state index contributed by atoms with van der Waals surface area (Å²) < 4.78 is 0. The van der Waals surface area contributed by atoms with E-state index in [1.54, 1.807) is 0 Å². The second-order valence-corrected chi connectivity index (χ2v) is 0. The van der Waals surface area contributed by atoms with Gasteiger partial charge >= 0.3 is 0 Å². The zero-order chi connectivity index (χ0) is 0. The Morgan fingerprint density at radius 3 is 1.00 bits per heavy atom. The van der Waals surface area contributed by atoms with Crippen LogP contribution in [0, 0.1) is 0 Å². The molecule has 0 amide bonds. The third kappa shape index (κ3) is 9.74. The van der Waals surface area contributed by atoms with Crippen molar-refractivity contribution >= 4 is 29.8 Å². The van der Waals surface area contributed by atoms with Gasteiger partial charge in [-0.15, -0.1) is 12.4 Å². The minimum absolute atomic E-state index is 0. The minimum atomic E-state index is 0. The van der Waals surface area contributed by atoms with Gasteiger partial charge in [-0.1, -0.05) is 0 Å². The third-order valence-electron chi connectivity index (χ3n) is 0. The van der Waals surface area contributed by atoms with E-state index in [1.165, 1.54) is 0 Å². The molecule has 0 aromatic carbocycles. The summed E-state index contributed by atoms with van der Waals surface area (Å²) in [6, 6.07) is 0. The summed E-state index contributed by atoms with van der Waals surface area (Å²) in [6.45, 7) is 0. The summed E-state index contributed by atoms with van der Waals surface area (Å²) >= 11 is 0. The minimum Gasteiger partial charge on any atom is -0.269 e. The Morgan fingerprint density at radius 1 is 1.00 bits per heavy atom. The molecule has 0 aromatic rings. The Hall–Kier alpha value is 1.49. The van der Waals surface area contributed by atoms with Gasteiger partial charge in [0, 0.05) is 22.4 Å². The van der Waals surface area contributed by atoms with Crippen molar-refractivity contribution in [3.8, 4) is 0 Å². The molecule has 0 atom stereocenters. The smallest absolute Gasteiger partial charge is 0.187 e. The Labute approximate surface area is 56.8 Å². The Balaban J connectivity index is 0. The zero-order valence-corrected chi connectivity index (χ0v) is 3.42. The molecule has 1 radical (unpaired) electrons. The molecule has 0 fully saturated rings.